The highest BCUT2D eigenvalue weighted by molar-refractivity contribution is 6.14. The molecule has 0 aromatic heterocycles. The van der Waals surface area contributed by atoms with E-state index in [0.29, 0.717) is 0 Å². The minimum Gasteiger partial charge on any atom is -0.394 e. The third-order valence-corrected chi connectivity index (χ3v) is 2.01. The summed E-state index contributed by atoms with van der Waals surface area (Å²) in [5, 5.41) is 10.9. The number of imide groups is 1. The predicted octanol–water partition coefficient (Wildman–Crippen LogP) is -1.96. The molecule has 0 fully saturated rings. The van der Waals surface area contributed by atoms with Gasteiger partial charge in [0, 0.05) is 18.7 Å². The molecule has 3 amide bonds. The second-order valence-electron chi connectivity index (χ2n) is 3.28. The molecule has 1 rings (SSSR count). The molecule has 0 saturated heterocycles. The smallest absolute Gasteiger partial charge is 0.254 e. The van der Waals surface area contributed by atoms with Crippen LogP contribution < -0.4 is 5.32 Å². The number of nitrogens with one attached hydrogen (secondary N) is 1. The quantitative estimate of drug-likeness (QED) is 0.399. The van der Waals surface area contributed by atoms with E-state index >= 15 is 0 Å². The van der Waals surface area contributed by atoms with E-state index in [-0.39, 0.29) is 32.9 Å². The summed E-state index contributed by atoms with van der Waals surface area (Å²) in [5.41, 5.74) is 0. The van der Waals surface area contributed by atoms with E-state index in [1.54, 1.807) is 0 Å². The first kappa shape index (κ1) is 13.3. The Hall–Kier alpha value is -1.73. The lowest BCUT2D eigenvalue weighted by molar-refractivity contribution is -0.141. The van der Waals surface area contributed by atoms with Crippen LogP contribution in [0.2, 0.25) is 0 Å². The molecule has 0 spiro atoms. The number of ether oxygens (including phenoxy) is 1. The molecule has 7 heteroatoms. The van der Waals surface area contributed by atoms with Crippen molar-refractivity contribution >= 4 is 17.7 Å². The van der Waals surface area contributed by atoms with Crippen LogP contribution in [0, 0.1) is 0 Å². The van der Waals surface area contributed by atoms with Crippen LogP contribution in [0.3, 0.4) is 0 Å². The molecule has 1 aliphatic rings. The summed E-state index contributed by atoms with van der Waals surface area (Å²) in [4.78, 5) is 34.4. The molecule has 1 aliphatic heterocycles. The molecular weight excluding hydrogens is 228 g/mol. The van der Waals surface area contributed by atoms with Gasteiger partial charge in [-0.3, -0.25) is 19.3 Å². The van der Waals surface area contributed by atoms with Gasteiger partial charge >= 0.3 is 0 Å². The molecule has 0 aromatic rings. The predicted molar refractivity (Wildman–Crippen MR) is 56.8 cm³/mol. The number of hydrogen-bond donors (Lipinski definition) is 2. The van der Waals surface area contributed by atoms with Gasteiger partial charge in [0.2, 0.25) is 5.91 Å². The second-order valence-corrected chi connectivity index (χ2v) is 3.28. The number of carbonyl (C=O) groups is 3. The lowest BCUT2D eigenvalue weighted by Gasteiger charge is -2.13. The molecule has 1 heterocycles. The van der Waals surface area contributed by atoms with E-state index in [2.05, 4.69) is 5.32 Å². The molecule has 2 N–H and O–H groups in total. The van der Waals surface area contributed by atoms with Crippen molar-refractivity contribution in [2.45, 2.75) is 0 Å². The monoisotopic (exact) mass is 242 g/mol. The average Bonchev–Trinajstić information content (AvgIpc) is 2.60. The Labute approximate surface area is 98.0 Å². The zero-order valence-electron chi connectivity index (χ0n) is 9.22. The number of amides is 3. The molecule has 0 bridgehead atoms. The Morgan fingerprint density at radius 3 is 2.53 bits per heavy atom. The van der Waals surface area contributed by atoms with E-state index in [1.165, 1.54) is 0 Å². The summed E-state index contributed by atoms with van der Waals surface area (Å²) < 4.78 is 4.92. The number of nitrogens with zero attached hydrogens (tertiary/aromatic N) is 1. The SMILES string of the molecule is O=C(CN1C(=O)C=CC1=O)NCCOCCO. The number of carbonyl (C=O) groups excluding carboxylic acids is 3. The molecule has 7 nitrogen and oxygen atoms in total. The molecule has 0 saturated carbocycles. The summed E-state index contributed by atoms with van der Waals surface area (Å²) in [6.45, 7) is 0.388. The van der Waals surface area contributed by atoms with Crippen molar-refractivity contribution < 1.29 is 24.2 Å². The van der Waals surface area contributed by atoms with Crippen molar-refractivity contribution in [2.75, 3.05) is 32.9 Å². The van der Waals surface area contributed by atoms with Gasteiger partial charge in [-0.05, 0) is 0 Å². The first-order chi connectivity index (χ1) is 8.15. The summed E-state index contributed by atoms with van der Waals surface area (Å²) in [6, 6.07) is 0. The summed E-state index contributed by atoms with van der Waals surface area (Å²) >= 11 is 0. The van der Waals surface area contributed by atoms with Gasteiger partial charge in [0.05, 0.1) is 19.8 Å². The zero-order chi connectivity index (χ0) is 12.7. The molecule has 0 atom stereocenters. The van der Waals surface area contributed by atoms with E-state index in [9.17, 15) is 14.4 Å². The molecule has 0 radical (unpaired) electrons. The van der Waals surface area contributed by atoms with Crippen molar-refractivity contribution in [1.82, 2.24) is 10.2 Å². The van der Waals surface area contributed by atoms with Crippen LogP contribution in [0.5, 0.6) is 0 Å². The van der Waals surface area contributed by atoms with Gasteiger partial charge in [-0.25, -0.2) is 0 Å². The van der Waals surface area contributed by atoms with Crippen LogP contribution in [0.25, 0.3) is 0 Å². The topological polar surface area (TPSA) is 95.9 Å². The third kappa shape index (κ3) is 4.33. The Bertz CT molecular complexity index is 322. The molecule has 94 valence electrons. The Balaban J connectivity index is 2.17. The van der Waals surface area contributed by atoms with Crippen molar-refractivity contribution in [3.8, 4) is 0 Å². The van der Waals surface area contributed by atoms with Gasteiger partial charge in [-0.2, -0.15) is 0 Å². The van der Waals surface area contributed by atoms with Crippen molar-refractivity contribution in [2.24, 2.45) is 0 Å². The largest absolute Gasteiger partial charge is 0.394 e. The van der Waals surface area contributed by atoms with Crippen molar-refractivity contribution in [3.63, 3.8) is 0 Å². The maximum Gasteiger partial charge on any atom is 0.254 e. The fourth-order valence-corrected chi connectivity index (χ4v) is 1.22. The average molecular weight is 242 g/mol. The van der Waals surface area contributed by atoms with E-state index < -0.39 is 17.7 Å². The molecule has 17 heavy (non-hydrogen) atoms. The van der Waals surface area contributed by atoms with Crippen LogP contribution in [0.15, 0.2) is 12.2 Å². The van der Waals surface area contributed by atoms with E-state index in [1.807, 2.05) is 0 Å². The van der Waals surface area contributed by atoms with E-state index in [4.69, 9.17) is 9.84 Å². The van der Waals surface area contributed by atoms with Crippen LogP contribution >= 0.6 is 0 Å². The molecular formula is C10H14N2O5. The standard InChI is InChI=1S/C10H14N2O5/c13-4-6-17-5-3-11-8(14)7-12-9(15)1-2-10(12)16/h1-2,13H,3-7H2,(H,11,14). The summed E-state index contributed by atoms with van der Waals surface area (Å²) in [5.74, 6) is -1.40. The summed E-state index contributed by atoms with van der Waals surface area (Å²) in [6.07, 6.45) is 2.25. The van der Waals surface area contributed by atoms with Gasteiger partial charge in [-0.15, -0.1) is 0 Å². The maximum absolute atomic E-state index is 11.3. The van der Waals surface area contributed by atoms with Crippen molar-refractivity contribution in [3.05, 3.63) is 12.2 Å². The normalized spacial score (nSPS) is 14.5. The number of rotatable bonds is 7. The number of aliphatic hydroxyl groups excluding tert-OH is 1. The summed E-state index contributed by atoms with van der Waals surface area (Å²) in [7, 11) is 0. The minimum absolute atomic E-state index is 0.0730. The lowest BCUT2D eigenvalue weighted by Crippen LogP contribution is -2.41. The van der Waals surface area contributed by atoms with Gasteiger partial charge in [0.15, 0.2) is 0 Å². The Kier molecular flexibility index (Phi) is 5.31. The number of aliphatic hydroxyl groups is 1. The van der Waals surface area contributed by atoms with Crippen molar-refractivity contribution in [1.29, 1.82) is 0 Å². The Morgan fingerprint density at radius 2 is 1.94 bits per heavy atom. The second kappa shape index (κ2) is 6.77. The lowest BCUT2D eigenvalue weighted by atomic mass is 10.4. The highest BCUT2D eigenvalue weighted by atomic mass is 16.5. The minimum atomic E-state index is -0.485. The first-order valence-electron chi connectivity index (χ1n) is 5.14. The van der Waals surface area contributed by atoms with Crippen LogP contribution in [0.1, 0.15) is 0 Å². The zero-order valence-corrected chi connectivity index (χ0v) is 9.22. The highest BCUT2D eigenvalue weighted by Gasteiger charge is 2.25. The molecule has 0 aliphatic carbocycles. The first-order valence-corrected chi connectivity index (χ1v) is 5.14. The van der Waals surface area contributed by atoms with Gasteiger partial charge in [0.25, 0.3) is 11.8 Å². The maximum atomic E-state index is 11.3. The fourth-order valence-electron chi connectivity index (χ4n) is 1.22. The van der Waals surface area contributed by atoms with Crippen LogP contribution in [0.4, 0.5) is 0 Å². The van der Waals surface area contributed by atoms with Gasteiger partial charge in [-0.1, -0.05) is 0 Å². The third-order valence-electron chi connectivity index (χ3n) is 2.01. The van der Waals surface area contributed by atoms with Gasteiger partial charge in [0.1, 0.15) is 6.54 Å². The molecule has 0 aromatic carbocycles. The fraction of sp³-hybridized carbons (Fsp3) is 0.500. The van der Waals surface area contributed by atoms with Crippen LogP contribution in [-0.2, 0) is 19.1 Å². The van der Waals surface area contributed by atoms with Gasteiger partial charge < -0.3 is 15.2 Å². The molecule has 0 unspecified atom stereocenters. The van der Waals surface area contributed by atoms with E-state index in [0.717, 1.165) is 17.1 Å². The van der Waals surface area contributed by atoms with Crippen LogP contribution in [-0.4, -0.2) is 60.6 Å². The highest BCUT2D eigenvalue weighted by Crippen LogP contribution is 2.01. The Morgan fingerprint density at radius 1 is 1.29 bits per heavy atom. The number of hydrogen-bond acceptors (Lipinski definition) is 5.